The van der Waals surface area contributed by atoms with Gasteiger partial charge in [-0.05, 0) is 105 Å². The highest BCUT2D eigenvalue weighted by Gasteiger charge is 2.37. The Morgan fingerprint density at radius 2 is 0.824 bits per heavy atom. The molecule has 0 bridgehead atoms. The van der Waals surface area contributed by atoms with Gasteiger partial charge in [-0.1, -0.05) is 190 Å². The van der Waals surface area contributed by atoms with Gasteiger partial charge in [-0.3, -0.25) is 0 Å². The van der Waals surface area contributed by atoms with E-state index in [0.717, 1.165) is 0 Å². The van der Waals surface area contributed by atoms with Crippen molar-refractivity contribution < 1.29 is 0 Å². The molecule has 0 unspecified atom stereocenters. The third kappa shape index (κ3) is 4.46. The summed E-state index contributed by atoms with van der Waals surface area (Å²) in [5, 5.41) is 7.60. The van der Waals surface area contributed by atoms with E-state index in [2.05, 4.69) is 196 Å². The predicted molar refractivity (Wildman–Crippen MR) is 218 cm³/mol. The van der Waals surface area contributed by atoms with Gasteiger partial charge >= 0.3 is 0 Å². The maximum absolute atomic E-state index is 2.47. The lowest BCUT2D eigenvalue weighted by Gasteiger charge is -2.23. The lowest BCUT2D eigenvalue weighted by molar-refractivity contribution is 0.660. The van der Waals surface area contributed by atoms with E-state index in [9.17, 15) is 0 Å². The van der Waals surface area contributed by atoms with Crippen LogP contribution in [0.5, 0.6) is 0 Å². The van der Waals surface area contributed by atoms with E-state index in [0.29, 0.717) is 0 Å². The molecule has 0 aromatic heterocycles. The largest absolute Gasteiger partial charge is 0.0622 e. The Bertz CT molecular complexity index is 2810. The maximum Gasteiger partial charge on any atom is 0.0159 e. The van der Waals surface area contributed by atoms with Gasteiger partial charge in [0.1, 0.15) is 0 Å². The lowest BCUT2D eigenvalue weighted by atomic mass is 9.80. The van der Waals surface area contributed by atoms with Gasteiger partial charge in [0.15, 0.2) is 0 Å². The molecule has 0 nitrogen and oxygen atoms in total. The molecule has 240 valence electrons. The summed E-state index contributed by atoms with van der Waals surface area (Å²) in [6.07, 6.45) is 0. The van der Waals surface area contributed by atoms with Crippen molar-refractivity contribution in [2.24, 2.45) is 0 Å². The van der Waals surface area contributed by atoms with E-state index in [1.54, 1.807) is 0 Å². The molecule has 0 heterocycles. The summed E-state index contributed by atoms with van der Waals surface area (Å²) in [6.45, 7) is 4.75. The van der Waals surface area contributed by atoms with E-state index in [1.165, 1.54) is 99.1 Å². The first kappa shape index (κ1) is 29.7. The summed E-state index contributed by atoms with van der Waals surface area (Å²) in [6, 6.07) is 67.4. The third-order valence-corrected chi connectivity index (χ3v) is 11.3. The molecule has 0 aliphatic heterocycles. The normalized spacial score (nSPS) is 13.1. The molecule has 0 amide bonds. The van der Waals surface area contributed by atoms with Crippen LogP contribution in [0.4, 0.5) is 0 Å². The van der Waals surface area contributed by atoms with Gasteiger partial charge in [-0.25, -0.2) is 0 Å². The van der Waals surface area contributed by atoms with Gasteiger partial charge in [0.25, 0.3) is 0 Å². The Kier molecular flexibility index (Phi) is 6.63. The summed E-state index contributed by atoms with van der Waals surface area (Å²) in [5.41, 5.74) is 15.5. The molecule has 0 saturated heterocycles. The van der Waals surface area contributed by atoms with E-state index >= 15 is 0 Å². The van der Waals surface area contributed by atoms with Crippen molar-refractivity contribution in [3.8, 4) is 55.6 Å². The van der Waals surface area contributed by atoms with Crippen LogP contribution in [0, 0.1) is 0 Å². The molecule has 1 aliphatic rings. The zero-order valence-corrected chi connectivity index (χ0v) is 28.8. The maximum atomic E-state index is 2.47. The Balaban J connectivity index is 1.37. The van der Waals surface area contributed by atoms with Gasteiger partial charge in [-0.15, -0.1) is 0 Å². The molecule has 0 heteroatoms. The average Bonchev–Trinajstić information content (AvgIpc) is 3.43. The minimum Gasteiger partial charge on any atom is -0.0622 e. The van der Waals surface area contributed by atoms with Crippen molar-refractivity contribution in [1.29, 1.82) is 0 Å². The second-order valence-corrected chi connectivity index (χ2v) is 14.4. The molecule has 1 aliphatic carbocycles. The Morgan fingerprint density at radius 3 is 1.63 bits per heavy atom. The minimum atomic E-state index is -0.0871. The second-order valence-electron chi connectivity index (χ2n) is 14.4. The molecule has 0 spiro atoms. The summed E-state index contributed by atoms with van der Waals surface area (Å²) < 4.78 is 0. The van der Waals surface area contributed by atoms with Crippen LogP contribution in [0.3, 0.4) is 0 Å². The van der Waals surface area contributed by atoms with Crippen molar-refractivity contribution in [1.82, 2.24) is 0 Å². The fourth-order valence-electron chi connectivity index (χ4n) is 8.94. The number of rotatable bonds is 4. The minimum absolute atomic E-state index is 0.0871. The number of hydrogen-bond acceptors (Lipinski definition) is 0. The number of benzene rings is 9. The molecule has 0 saturated carbocycles. The van der Waals surface area contributed by atoms with Crippen molar-refractivity contribution >= 4 is 32.3 Å². The first-order chi connectivity index (χ1) is 25.1. The van der Waals surface area contributed by atoms with E-state index < -0.39 is 0 Å². The molecular weight excluding hydrogens is 613 g/mol. The molecule has 9 aromatic rings. The van der Waals surface area contributed by atoms with E-state index in [4.69, 9.17) is 0 Å². The van der Waals surface area contributed by atoms with Gasteiger partial charge in [0.05, 0.1) is 0 Å². The summed E-state index contributed by atoms with van der Waals surface area (Å²) in [5.74, 6) is 0. The zero-order valence-electron chi connectivity index (χ0n) is 28.8. The first-order valence-corrected chi connectivity index (χ1v) is 17.9. The first-order valence-electron chi connectivity index (χ1n) is 17.9. The molecule has 10 rings (SSSR count). The quantitative estimate of drug-likeness (QED) is 0.167. The standard InChI is InChI=1S/C51H36/c1-51(2)46-28-13-12-25-43(46)50-44(27-15-29-47(50)51)49-41-24-11-10-23-40(41)48(39-22-9-8-21-37(39)33-16-4-3-5-17-33)42-31-30-35(32-45(42)49)38-26-14-19-34-18-6-7-20-36(34)38/h3-32H,1-2H3. The van der Waals surface area contributed by atoms with E-state index in [1.807, 2.05) is 0 Å². The van der Waals surface area contributed by atoms with Crippen LogP contribution in [0.25, 0.3) is 88.0 Å². The van der Waals surface area contributed by atoms with Gasteiger partial charge in [0.2, 0.25) is 0 Å². The lowest BCUT2D eigenvalue weighted by Crippen LogP contribution is -2.14. The molecule has 0 N–H and O–H groups in total. The molecular formula is C51H36. The third-order valence-electron chi connectivity index (χ3n) is 11.3. The van der Waals surface area contributed by atoms with E-state index in [-0.39, 0.29) is 5.41 Å². The second kappa shape index (κ2) is 11.4. The summed E-state index contributed by atoms with van der Waals surface area (Å²) in [7, 11) is 0. The van der Waals surface area contributed by atoms with Crippen LogP contribution in [-0.4, -0.2) is 0 Å². The molecule has 9 aromatic carbocycles. The summed E-state index contributed by atoms with van der Waals surface area (Å²) in [4.78, 5) is 0. The average molecular weight is 649 g/mol. The van der Waals surface area contributed by atoms with Crippen LogP contribution in [0.1, 0.15) is 25.0 Å². The fourth-order valence-corrected chi connectivity index (χ4v) is 8.94. The van der Waals surface area contributed by atoms with Crippen molar-refractivity contribution in [3.63, 3.8) is 0 Å². The van der Waals surface area contributed by atoms with Crippen LogP contribution in [0.2, 0.25) is 0 Å². The topological polar surface area (TPSA) is 0 Å². The molecule has 0 radical (unpaired) electrons. The zero-order chi connectivity index (χ0) is 34.1. The van der Waals surface area contributed by atoms with Gasteiger partial charge in [0, 0.05) is 5.41 Å². The highest BCUT2D eigenvalue weighted by molar-refractivity contribution is 6.24. The SMILES string of the molecule is CC1(C)c2ccccc2-c2c(-c3c4ccccc4c(-c4ccccc4-c4ccccc4)c4ccc(-c5cccc6ccccc56)cc34)cccc21. The fraction of sp³-hybridized carbons (Fsp3) is 0.0588. The Labute approximate surface area is 299 Å². The molecule has 0 atom stereocenters. The number of hydrogen-bond donors (Lipinski definition) is 0. The van der Waals surface area contributed by atoms with Gasteiger partial charge in [-0.2, -0.15) is 0 Å². The van der Waals surface area contributed by atoms with Gasteiger partial charge < -0.3 is 0 Å². The number of fused-ring (bicyclic) bond motifs is 6. The molecule has 0 fully saturated rings. The van der Waals surface area contributed by atoms with Crippen molar-refractivity contribution in [3.05, 3.63) is 193 Å². The Hall–Kier alpha value is -6.24. The predicted octanol–water partition coefficient (Wildman–Crippen LogP) is 14.1. The van der Waals surface area contributed by atoms with Crippen LogP contribution in [-0.2, 0) is 5.41 Å². The summed E-state index contributed by atoms with van der Waals surface area (Å²) >= 11 is 0. The van der Waals surface area contributed by atoms with Crippen LogP contribution < -0.4 is 0 Å². The van der Waals surface area contributed by atoms with Crippen LogP contribution in [0.15, 0.2) is 182 Å². The Morgan fingerprint density at radius 1 is 0.294 bits per heavy atom. The highest BCUT2D eigenvalue weighted by atomic mass is 14.4. The van der Waals surface area contributed by atoms with Crippen LogP contribution >= 0.6 is 0 Å². The smallest absolute Gasteiger partial charge is 0.0159 e. The monoisotopic (exact) mass is 648 g/mol. The van der Waals surface area contributed by atoms with Crippen molar-refractivity contribution in [2.45, 2.75) is 19.3 Å². The van der Waals surface area contributed by atoms with Crippen molar-refractivity contribution in [2.75, 3.05) is 0 Å². The molecule has 51 heavy (non-hydrogen) atoms. The highest BCUT2D eigenvalue weighted by Crippen LogP contribution is 2.55.